The highest BCUT2D eigenvalue weighted by atomic mass is 16.5. The van der Waals surface area contributed by atoms with Crippen molar-refractivity contribution in [3.05, 3.63) is 23.8 Å². The van der Waals surface area contributed by atoms with Crippen LogP contribution in [0.4, 0.5) is 5.69 Å². The number of anilines is 1. The minimum Gasteiger partial charge on any atom is -0.495 e. The summed E-state index contributed by atoms with van der Waals surface area (Å²) in [6.45, 7) is 4.43. The van der Waals surface area contributed by atoms with Crippen molar-refractivity contribution < 1.29 is 9.53 Å². The van der Waals surface area contributed by atoms with E-state index in [9.17, 15) is 4.79 Å². The fraction of sp³-hybridized carbons (Fsp3) is 0.438. The van der Waals surface area contributed by atoms with Crippen molar-refractivity contribution in [2.75, 3.05) is 19.0 Å². The molecule has 0 saturated carbocycles. The summed E-state index contributed by atoms with van der Waals surface area (Å²) in [5.74, 6) is 6.70. The Balaban J connectivity index is 2.88. The van der Waals surface area contributed by atoms with Gasteiger partial charge in [0.25, 0.3) is 0 Å². The molecule has 0 saturated heterocycles. The fourth-order valence-electron chi connectivity index (χ4n) is 1.70. The first-order valence-corrected chi connectivity index (χ1v) is 6.77. The van der Waals surface area contributed by atoms with Crippen molar-refractivity contribution in [1.29, 1.82) is 0 Å². The topological polar surface area (TPSA) is 64.4 Å². The molecule has 0 bridgehead atoms. The normalized spacial score (nSPS) is 11.2. The van der Waals surface area contributed by atoms with Crippen LogP contribution in [0.25, 0.3) is 0 Å². The van der Waals surface area contributed by atoms with Crippen LogP contribution < -0.4 is 15.8 Å². The molecule has 0 spiro atoms. The second-order valence-electron chi connectivity index (χ2n) is 4.69. The molecule has 0 aliphatic heterocycles. The van der Waals surface area contributed by atoms with Gasteiger partial charge in [-0.25, -0.2) is 0 Å². The zero-order chi connectivity index (χ0) is 15.0. The van der Waals surface area contributed by atoms with Crippen LogP contribution in [0.2, 0.25) is 0 Å². The quantitative estimate of drug-likeness (QED) is 0.810. The SMILES string of the molecule is CCC(C)CC(=O)Nc1cc(C#CCN)ccc1OC. The molecule has 20 heavy (non-hydrogen) atoms. The number of hydrogen-bond donors (Lipinski definition) is 2. The molecule has 0 aromatic heterocycles. The van der Waals surface area contributed by atoms with E-state index in [0.717, 1.165) is 12.0 Å². The van der Waals surface area contributed by atoms with Crippen molar-refractivity contribution in [2.45, 2.75) is 26.7 Å². The zero-order valence-electron chi connectivity index (χ0n) is 12.3. The van der Waals surface area contributed by atoms with E-state index in [0.29, 0.717) is 30.3 Å². The van der Waals surface area contributed by atoms with E-state index in [4.69, 9.17) is 10.5 Å². The average molecular weight is 274 g/mol. The molecule has 1 rings (SSSR count). The molecule has 4 nitrogen and oxygen atoms in total. The van der Waals surface area contributed by atoms with Crippen LogP contribution in [-0.4, -0.2) is 19.6 Å². The van der Waals surface area contributed by atoms with Gasteiger partial charge < -0.3 is 15.8 Å². The van der Waals surface area contributed by atoms with Crippen LogP contribution in [0.5, 0.6) is 5.75 Å². The lowest BCUT2D eigenvalue weighted by molar-refractivity contribution is -0.117. The predicted octanol–water partition coefficient (Wildman–Crippen LogP) is 2.38. The highest BCUT2D eigenvalue weighted by Crippen LogP contribution is 2.25. The van der Waals surface area contributed by atoms with Gasteiger partial charge in [0.1, 0.15) is 5.75 Å². The smallest absolute Gasteiger partial charge is 0.224 e. The maximum Gasteiger partial charge on any atom is 0.224 e. The monoisotopic (exact) mass is 274 g/mol. The summed E-state index contributed by atoms with van der Waals surface area (Å²) in [6.07, 6.45) is 1.48. The minimum atomic E-state index is -0.0124. The Bertz CT molecular complexity index is 515. The molecular weight excluding hydrogens is 252 g/mol. The van der Waals surface area contributed by atoms with Crippen LogP contribution in [0.1, 0.15) is 32.3 Å². The Morgan fingerprint density at radius 2 is 2.25 bits per heavy atom. The van der Waals surface area contributed by atoms with Gasteiger partial charge in [0, 0.05) is 12.0 Å². The van der Waals surface area contributed by atoms with E-state index >= 15 is 0 Å². The van der Waals surface area contributed by atoms with Gasteiger partial charge in [-0.05, 0) is 24.1 Å². The largest absolute Gasteiger partial charge is 0.495 e. The van der Waals surface area contributed by atoms with E-state index < -0.39 is 0 Å². The Morgan fingerprint density at radius 1 is 1.50 bits per heavy atom. The predicted molar refractivity (Wildman–Crippen MR) is 81.6 cm³/mol. The Labute approximate surface area is 120 Å². The number of ether oxygens (including phenoxy) is 1. The van der Waals surface area contributed by atoms with Crippen molar-refractivity contribution >= 4 is 11.6 Å². The molecule has 0 aliphatic carbocycles. The van der Waals surface area contributed by atoms with Crippen molar-refractivity contribution in [1.82, 2.24) is 0 Å². The first-order chi connectivity index (χ1) is 9.60. The maximum absolute atomic E-state index is 12.0. The van der Waals surface area contributed by atoms with Crippen molar-refractivity contribution in [3.63, 3.8) is 0 Å². The lowest BCUT2D eigenvalue weighted by atomic mass is 10.0. The number of amides is 1. The van der Waals surface area contributed by atoms with Gasteiger partial charge in [-0.1, -0.05) is 32.1 Å². The highest BCUT2D eigenvalue weighted by Gasteiger charge is 2.11. The zero-order valence-corrected chi connectivity index (χ0v) is 12.3. The molecular formula is C16H22N2O2. The molecule has 0 radical (unpaired) electrons. The molecule has 1 amide bonds. The summed E-state index contributed by atoms with van der Waals surface area (Å²) in [6, 6.07) is 5.43. The third kappa shape index (κ3) is 4.94. The average Bonchev–Trinajstić information content (AvgIpc) is 2.45. The summed E-state index contributed by atoms with van der Waals surface area (Å²) in [4.78, 5) is 12.0. The van der Waals surface area contributed by atoms with E-state index in [-0.39, 0.29) is 5.91 Å². The van der Waals surface area contributed by atoms with Gasteiger partial charge in [0.05, 0.1) is 19.3 Å². The van der Waals surface area contributed by atoms with Gasteiger partial charge in [0.2, 0.25) is 5.91 Å². The number of carbonyl (C=O) groups is 1. The number of hydrogen-bond acceptors (Lipinski definition) is 3. The van der Waals surface area contributed by atoms with Crippen molar-refractivity contribution in [2.24, 2.45) is 11.7 Å². The molecule has 3 N–H and O–H groups in total. The van der Waals surface area contributed by atoms with E-state index in [1.54, 1.807) is 19.2 Å². The van der Waals surface area contributed by atoms with Gasteiger partial charge in [-0.2, -0.15) is 0 Å². The van der Waals surface area contributed by atoms with Gasteiger partial charge in [0.15, 0.2) is 0 Å². The lowest BCUT2D eigenvalue weighted by Crippen LogP contribution is -2.15. The van der Waals surface area contributed by atoms with Crippen LogP contribution in [0.3, 0.4) is 0 Å². The lowest BCUT2D eigenvalue weighted by Gasteiger charge is -2.12. The molecule has 0 heterocycles. The second-order valence-corrected chi connectivity index (χ2v) is 4.69. The summed E-state index contributed by atoms with van der Waals surface area (Å²) < 4.78 is 5.25. The molecule has 0 aliphatic rings. The molecule has 0 fully saturated rings. The minimum absolute atomic E-state index is 0.0124. The van der Waals surface area contributed by atoms with E-state index in [1.165, 1.54) is 0 Å². The first kappa shape index (κ1) is 16.1. The molecule has 1 aromatic carbocycles. The first-order valence-electron chi connectivity index (χ1n) is 6.77. The summed E-state index contributed by atoms with van der Waals surface area (Å²) >= 11 is 0. The van der Waals surface area contributed by atoms with Crippen LogP contribution in [-0.2, 0) is 4.79 Å². The number of carbonyl (C=O) groups excluding carboxylic acids is 1. The molecule has 1 aromatic rings. The third-order valence-corrected chi connectivity index (χ3v) is 3.04. The fourth-order valence-corrected chi connectivity index (χ4v) is 1.70. The van der Waals surface area contributed by atoms with Gasteiger partial charge in [-0.3, -0.25) is 4.79 Å². The number of nitrogens with two attached hydrogens (primary N) is 1. The molecule has 1 unspecified atom stereocenters. The number of rotatable bonds is 5. The molecule has 4 heteroatoms. The highest BCUT2D eigenvalue weighted by molar-refractivity contribution is 5.92. The Hall–Kier alpha value is -1.99. The molecule has 108 valence electrons. The van der Waals surface area contributed by atoms with Gasteiger partial charge in [-0.15, -0.1) is 0 Å². The van der Waals surface area contributed by atoms with Crippen LogP contribution in [0.15, 0.2) is 18.2 Å². The number of nitrogens with one attached hydrogen (secondary N) is 1. The summed E-state index contributed by atoms with van der Waals surface area (Å²) in [5.41, 5.74) is 6.80. The third-order valence-electron chi connectivity index (χ3n) is 3.04. The van der Waals surface area contributed by atoms with Crippen molar-refractivity contribution in [3.8, 4) is 17.6 Å². The van der Waals surface area contributed by atoms with Crippen LogP contribution >= 0.6 is 0 Å². The molecule has 1 atom stereocenters. The second kappa shape index (κ2) is 8.23. The van der Waals surface area contributed by atoms with Crippen LogP contribution in [0, 0.1) is 17.8 Å². The number of benzene rings is 1. The Morgan fingerprint density at radius 3 is 2.85 bits per heavy atom. The number of methoxy groups -OCH3 is 1. The maximum atomic E-state index is 12.0. The van der Waals surface area contributed by atoms with E-state index in [1.807, 2.05) is 6.07 Å². The Kier molecular flexibility index (Phi) is 6.61. The standard InChI is InChI=1S/C16H22N2O2/c1-4-12(2)10-16(19)18-14-11-13(6-5-9-17)7-8-15(14)20-3/h7-8,11-12H,4,9-10,17H2,1-3H3,(H,18,19). The summed E-state index contributed by atoms with van der Waals surface area (Å²) in [5, 5.41) is 2.88. The van der Waals surface area contributed by atoms with E-state index in [2.05, 4.69) is 31.0 Å². The van der Waals surface area contributed by atoms with Gasteiger partial charge >= 0.3 is 0 Å². The summed E-state index contributed by atoms with van der Waals surface area (Å²) in [7, 11) is 1.57.